The molecule has 1 unspecified atom stereocenters. The first-order chi connectivity index (χ1) is 3.62. The molecule has 0 bridgehead atoms. The predicted octanol–water partition coefficient (Wildman–Crippen LogP) is 0.704. The molecule has 0 aliphatic rings. The summed E-state index contributed by atoms with van der Waals surface area (Å²) in [5.41, 5.74) is 0. The Bertz CT molecular complexity index is 136. The number of hydrogen-bond donors (Lipinski definition) is 0. The summed E-state index contributed by atoms with van der Waals surface area (Å²) in [5.74, 6) is 0.427. The van der Waals surface area contributed by atoms with Crippen LogP contribution in [0.3, 0.4) is 0 Å². The van der Waals surface area contributed by atoms with Crippen molar-refractivity contribution in [3.05, 3.63) is 0 Å². The van der Waals surface area contributed by atoms with Crippen LogP contribution in [0, 0.1) is 0 Å². The third-order valence-electron chi connectivity index (χ3n) is 0.651. The van der Waals surface area contributed by atoms with Crippen molar-refractivity contribution in [2.75, 3.05) is 12.4 Å². The molecule has 0 aliphatic heterocycles. The molecule has 0 amide bonds. The van der Waals surface area contributed by atoms with Gasteiger partial charge >= 0.3 is 0 Å². The highest BCUT2D eigenvalue weighted by atomic mass is 32.8. The van der Waals surface area contributed by atoms with Gasteiger partial charge in [0.1, 0.15) is 8.77 Å². The average Bonchev–Trinajstić information content (AvgIpc) is 1.67. The summed E-state index contributed by atoms with van der Waals surface area (Å²) in [4.78, 5) is 0. The Balaban J connectivity index is 3.76. The third-order valence-corrected chi connectivity index (χ3v) is 2.95. The van der Waals surface area contributed by atoms with E-state index >= 15 is 0 Å². The molecule has 0 aromatic carbocycles. The second-order valence-corrected chi connectivity index (χ2v) is 4.70. The van der Waals surface area contributed by atoms with Gasteiger partial charge in [-0.05, 0) is 6.92 Å². The molecule has 0 aromatic heterocycles. The Labute approximate surface area is 55.1 Å². The molecule has 0 saturated heterocycles. The zero-order valence-corrected chi connectivity index (χ0v) is 6.68. The van der Waals surface area contributed by atoms with Crippen molar-refractivity contribution in [2.45, 2.75) is 13.8 Å². The molecule has 0 heterocycles. The number of hydrogen-bond acceptors (Lipinski definition) is 3. The normalized spacial score (nSPS) is 17.8. The third kappa shape index (κ3) is 3.35. The quantitative estimate of drug-likeness (QED) is 0.598. The maximum atomic E-state index is 10.7. The Morgan fingerprint density at radius 1 is 1.62 bits per heavy atom. The molecule has 4 heteroatoms. The molecular formula is C4H10O2S2. The summed E-state index contributed by atoms with van der Waals surface area (Å²) in [6, 6.07) is 0. The highest BCUT2D eigenvalue weighted by Crippen LogP contribution is 1.90. The van der Waals surface area contributed by atoms with E-state index in [-0.39, 0.29) is 0 Å². The van der Waals surface area contributed by atoms with Crippen LogP contribution >= 0.6 is 0 Å². The van der Waals surface area contributed by atoms with E-state index in [1.165, 1.54) is 0 Å². The Kier molecular flexibility index (Phi) is 3.51. The molecule has 0 saturated carbocycles. The topological polar surface area (TPSA) is 26.3 Å². The van der Waals surface area contributed by atoms with Crippen molar-refractivity contribution in [1.29, 1.82) is 0 Å². The standard InChI is InChI=1S/C4H10O2S2/c1-3-6-8(5,7)4-2/h3-4H2,1-2H3. The molecule has 8 heavy (non-hydrogen) atoms. The fourth-order valence-electron chi connectivity index (χ4n) is 0.263. The van der Waals surface area contributed by atoms with Gasteiger partial charge in [0.15, 0.2) is 0 Å². The largest absolute Gasteiger partial charge is 0.290 e. The molecule has 0 radical (unpaired) electrons. The maximum absolute atomic E-state index is 10.7. The van der Waals surface area contributed by atoms with Crippen molar-refractivity contribution >= 4 is 20.0 Å². The van der Waals surface area contributed by atoms with Crippen LogP contribution in [0.1, 0.15) is 13.8 Å². The Morgan fingerprint density at radius 3 is 2.25 bits per heavy atom. The van der Waals surface area contributed by atoms with Gasteiger partial charge in [-0.3, -0.25) is 4.18 Å². The fraction of sp³-hybridized carbons (Fsp3) is 1.00. The van der Waals surface area contributed by atoms with Gasteiger partial charge in [-0.15, -0.1) is 0 Å². The molecule has 0 aliphatic carbocycles. The molecule has 0 rings (SSSR count). The van der Waals surface area contributed by atoms with Crippen LogP contribution < -0.4 is 0 Å². The first-order valence-electron chi connectivity index (χ1n) is 2.49. The van der Waals surface area contributed by atoms with Gasteiger partial charge in [0.05, 0.1) is 6.61 Å². The van der Waals surface area contributed by atoms with Crippen molar-refractivity contribution in [3.8, 4) is 0 Å². The summed E-state index contributed by atoms with van der Waals surface area (Å²) < 4.78 is 15.5. The Hall–Kier alpha value is 0.330. The Morgan fingerprint density at radius 2 is 2.12 bits per heavy atom. The van der Waals surface area contributed by atoms with Gasteiger partial charge in [-0.25, -0.2) is 4.21 Å². The van der Waals surface area contributed by atoms with Gasteiger partial charge in [0.2, 0.25) is 0 Å². The van der Waals surface area contributed by atoms with Crippen molar-refractivity contribution in [3.63, 3.8) is 0 Å². The van der Waals surface area contributed by atoms with E-state index in [2.05, 4.69) is 11.2 Å². The molecular weight excluding hydrogens is 144 g/mol. The van der Waals surface area contributed by atoms with Crippen molar-refractivity contribution in [2.24, 2.45) is 0 Å². The zero-order chi connectivity index (χ0) is 6.62. The summed E-state index contributed by atoms with van der Waals surface area (Å²) in [6.07, 6.45) is 0. The van der Waals surface area contributed by atoms with Crippen molar-refractivity contribution < 1.29 is 8.39 Å². The van der Waals surface area contributed by atoms with Crippen LogP contribution in [0.2, 0.25) is 0 Å². The van der Waals surface area contributed by atoms with Gasteiger partial charge in [0.25, 0.3) is 0 Å². The monoisotopic (exact) mass is 154 g/mol. The van der Waals surface area contributed by atoms with E-state index in [9.17, 15) is 4.21 Å². The fourth-order valence-corrected chi connectivity index (χ4v) is 1.08. The van der Waals surface area contributed by atoms with Crippen LogP contribution in [0.4, 0.5) is 0 Å². The maximum Gasteiger partial charge on any atom is 0.143 e. The van der Waals surface area contributed by atoms with E-state index in [0.717, 1.165) is 0 Å². The molecule has 0 aromatic rings. The SMILES string of the molecule is CCOS(=O)(=S)CC. The van der Waals surface area contributed by atoms with E-state index < -0.39 is 8.77 Å². The minimum atomic E-state index is -2.34. The second-order valence-electron chi connectivity index (χ2n) is 1.25. The van der Waals surface area contributed by atoms with Crippen LogP contribution in [-0.2, 0) is 24.1 Å². The molecule has 0 fully saturated rings. The van der Waals surface area contributed by atoms with E-state index in [1.54, 1.807) is 13.8 Å². The van der Waals surface area contributed by atoms with Gasteiger partial charge in [-0.1, -0.05) is 6.92 Å². The van der Waals surface area contributed by atoms with Crippen LogP contribution in [0.15, 0.2) is 0 Å². The second kappa shape index (κ2) is 3.37. The predicted molar refractivity (Wildman–Crippen MR) is 37.7 cm³/mol. The smallest absolute Gasteiger partial charge is 0.143 e. The summed E-state index contributed by atoms with van der Waals surface area (Å²) in [6.45, 7) is 3.97. The molecule has 0 spiro atoms. The first kappa shape index (κ1) is 8.33. The van der Waals surface area contributed by atoms with Gasteiger partial charge in [0, 0.05) is 16.9 Å². The van der Waals surface area contributed by atoms with E-state index in [0.29, 0.717) is 12.4 Å². The molecule has 2 nitrogen and oxygen atoms in total. The van der Waals surface area contributed by atoms with Gasteiger partial charge in [-0.2, -0.15) is 0 Å². The lowest BCUT2D eigenvalue weighted by atomic mass is 10.9. The minimum Gasteiger partial charge on any atom is -0.290 e. The summed E-state index contributed by atoms with van der Waals surface area (Å²) in [5, 5.41) is 0. The molecule has 0 N–H and O–H groups in total. The lowest BCUT2D eigenvalue weighted by molar-refractivity contribution is 0.370. The lowest BCUT2D eigenvalue weighted by Crippen LogP contribution is -2.05. The van der Waals surface area contributed by atoms with Crippen LogP contribution in [0.25, 0.3) is 0 Å². The highest BCUT2D eigenvalue weighted by Gasteiger charge is 1.97. The number of rotatable bonds is 3. The van der Waals surface area contributed by atoms with E-state index in [1.807, 2.05) is 0 Å². The van der Waals surface area contributed by atoms with Crippen LogP contribution in [-0.4, -0.2) is 16.6 Å². The minimum absolute atomic E-state index is 0.427. The van der Waals surface area contributed by atoms with Gasteiger partial charge < -0.3 is 0 Å². The average molecular weight is 154 g/mol. The summed E-state index contributed by atoms with van der Waals surface area (Å²) >= 11 is 4.55. The van der Waals surface area contributed by atoms with Crippen LogP contribution in [0.5, 0.6) is 0 Å². The first-order valence-corrected chi connectivity index (χ1v) is 5.07. The van der Waals surface area contributed by atoms with Crippen molar-refractivity contribution in [1.82, 2.24) is 0 Å². The van der Waals surface area contributed by atoms with E-state index in [4.69, 9.17) is 4.18 Å². The molecule has 50 valence electrons. The zero-order valence-electron chi connectivity index (χ0n) is 5.05. The lowest BCUT2D eigenvalue weighted by Gasteiger charge is -1.99. The molecule has 1 atom stereocenters. The summed E-state index contributed by atoms with van der Waals surface area (Å²) in [7, 11) is -2.34. The highest BCUT2D eigenvalue weighted by molar-refractivity contribution is 8.30.